The average Bonchev–Trinajstić information content (AvgIpc) is 2.40. The topological polar surface area (TPSA) is 21.3 Å². The molecule has 0 aromatic heterocycles. The van der Waals surface area contributed by atoms with Crippen LogP contribution in [0.5, 0.6) is 0 Å². The second-order valence-corrected chi connectivity index (χ2v) is 4.49. The SMILES string of the molecule is COCc1ccc(CNc2ccccc2Cl)cc1. The summed E-state index contributed by atoms with van der Waals surface area (Å²) in [6.07, 6.45) is 0. The Kier molecular flexibility index (Phi) is 4.62. The maximum atomic E-state index is 6.08. The zero-order valence-corrected chi connectivity index (χ0v) is 11.1. The number of benzene rings is 2. The molecule has 0 fully saturated rings. The molecule has 0 radical (unpaired) electrons. The van der Waals surface area contributed by atoms with Gasteiger partial charge < -0.3 is 10.1 Å². The Balaban J connectivity index is 1.96. The molecule has 3 heteroatoms. The third kappa shape index (κ3) is 3.49. The van der Waals surface area contributed by atoms with Gasteiger partial charge in [0.15, 0.2) is 0 Å². The molecular formula is C15H16ClNO. The molecule has 0 saturated heterocycles. The van der Waals surface area contributed by atoms with Crippen LogP contribution in [0.4, 0.5) is 5.69 Å². The van der Waals surface area contributed by atoms with E-state index in [2.05, 4.69) is 29.6 Å². The van der Waals surface area contributed by atoms with Crippen molar-refractivity contribution in [1.82, 2.24) is 0 Å². The van der Waals surface area contributed by atoms with E-state index < -0.39 is 0 Å². The maximum absolute atomic E-state index is 6.08. The highest BCUT2D eigenvalue weighted by Gasteiger charge is 1.98. The molecule has 0 heterocycles. The number of methoxy groups -OCH3 is 1. The van der Waals surface area contributed by atoms with Gasteiger partial charge in [-0.1, -0.05) is 48.0 Å². The molecular weight excluding hydrogens is 246 g/mol. The normalized spacial score (nSPS) is 10.3. The predicted octanol–water partition coefficient (Wildman–Crippen LogP) is 4.10. The minimum atomic E-state index is 0.651. The van der Waals surface area contributed by atoms with Gasteiger partial charge in [0.05, 0.1) is 17.3 Å². The van der Waals surface area contributed by atoms with Crippen LogP contribution in [0.25, 0.3) is 0 Å². The standard InChI is InChI=1S/C15H16ClNO/c1-18-11-13-8-6-12(7-9-13)10-17-15-5-3-2-4-14(15)16/h2-9,17H,10-11H2,1H3. The van der Waals surface area contributed by atoms with Crippen molar-refractivity contribution in [1.29, 1.82) is 0 Å². The highest BCUT2D eigenvalue weighted by atomic mass is 35.5. The Morgan fingerprint density at radius 3 is 2.33 bits per heavy atom. The lowest BCUT2D eigenvalue weighted by Crippen LogP contribution is -2.00. The van der Waals surface area contributed by atoms with Crippen molar-refractivity contribution in [3.05, 3.63) is 64.7 Å². The zero-order chi connectivity index (χ0) is 12.8. The van der Waals surface area contributed by atoms with Gasteiger partial charge in [0.25, 0.3) is 0 Å². The summed E-state index contributed by atoms with van der Waals surface area (Å²) in [5.74, 6) is 0. The fourth-order valence-electron chi connectivity index (χ4n) is 1.72. The molecule has 2 rings (SSSR count). The van der Waals surface area contributed by atoms with Crippen LogP contribution in [0.2, 0.25) is 5.02 Å². The molecule has 1 N–H and O–H groups in total. The van der Waals surface area contributed by atoms with Crippen LogP contribution >= 0.6 is 11.6 Å². The van der Waals surface area contributed by atoms with Crippen molar-refractivity contribution in [3.8, 4) is 0 Å². The number of ether oxygens (including phenoxy) is 1. The van der Waals surface area contributed by atoms with Gasteiger partial charge in [0, 0.05) is 13.7 Å². The molecule has 0 aliphatic carbocycles. The Bertz CT molecular complexity index is 496. The van der Waals surface area contributed by atoms with Crippen LogP contribution in [-0.2, 0) is 17.9 Å². The molecule has 0 atom stereocenters. The molecule has 0 bridgehead atoms. The van der Waals surface area contributed by atoms with Gasteiger partial charge in [0.1, 0.15) is 0 Å². The van der Waals surface area contributed by atoms with E-state index in [1.54, 1.807) is 7.11 Å². The van der Waals surface area contributed by atoms with Crippen LogP contribution in [0.15, 0.2) is 48.5 Å². The quantitative estimate of drug-likeness (QED) is 0.875. The Labute approximate surface area is 113 Å². The van der Waals surface area contributed by atoms with Gasteiger partial charge in [-0.3, -0.25) is 0 Å². The summed E-state index contributed by atoms with van der Waals surface area (Å²) in [4.78, 5) is 0. The lowest BCUT2D eigenvalue weighted by Gasteiger charge is -2.08. The second-order valence-electron chi connectivity index (χ2n) is 4.08. The fraction of sp³-hybridized carbons (Fsp3) is 0.200. The van der Waals surface area contributed by atoms with E-state index in [4.69, 9.17) is 16.3 Å². The Morgan fingerprint density at radius 1 is 1.00 bits per heavy atom. The fourth-order valence-corrected chi connectivity index (χ4v) is 1.92. The molecule has 2 aromatic rings. The lowest BCUT2D eigenvalue weighted by atomic mass is 10.1. The minimum absolute atomic E-state index is 0.651. The van der Waals surface area contributed by atoms with Gasteiger partial charge in [0.2, 0.25) is 0 Å². The highest BCUT2D eigenvalue weighted by molar-refractivity contribution is 6.33. The summed E-state index contributed by atoms with van der Waals surface area (Å²) in [7, 11) is 1.70. The Hall–Kier alpha value is -1.51. The van der Waals surface area contributed by atoms with Crippen LogP contribution in [0.3, 0.4) is 0 Å². The summed E-state index contributed by atoms with van der Waals surface area (Å²) >= 11 is 6.08. The molecule has 0 aliphatic heterocycles. The molecule has 0 saturated carbocycles. The molecule has 0 spiro atoms. The first-order chi connectivity index (χ1) is 8.79. The van der Waals surface area contributed by atoms with Crippen LogP contribution in [0.1, 0.15) is 11.1 Å². The van der Waals surface area contributed by atoms with E-state index in [1.807, 2.05) is 24.3 Å². The summed E-state index contributed by atoms with van der Waals surface area (Å²) in [5.41, 5.74) is 3.36. The maximum Gasteiger partial charge on any atom is 0.0713 e. The monoisotopic (exact) mass is 261 g/mol. The number of para-hydroxylation sites is 1. The van der Waals surface area contributed by atoms with Crippen molar-refractivity contribution in [3.63, 3.8) is 0 Å². The zero-order valence-electron chi connectivity index (χ0n) is 10.3. The third-order valence-corrected chi connectivity index (χ3v) is 3.02. The van der Waals surface area contributed by atoms with Crippen molar-refractivity contribution in [2.45, 2.75) is 13.2 Å². The smallest absolute Gasteiger partial charge is 0.0713 e. The molecule has 18 heavy (non-hydrogen) atoms. The van der Waals surface area contributed by atoms with Gasteiger partial charge >= 0.3 is 0 Å². The second kappa shape index (κ2) is 6.43. The summed E-state index contributed by atoms with van der Waals surface area (Å²) < 4.78 is 5.08. The van der Waals surface area contributed by atoms with E-state index in [0.29, 0.717) is 6.61 Å². The number of halogens is 1. The van der Waals surface area contributed by atoms with E-state index in [0.717, 1.165) is 17.3 Å². The highest BCUT2D eigenvalue weighted by Crippen LogP contribution is 2.21. The molecule has 2 aromatic carbocycles. The van der Waals surface area contributed by atoms with Crippen LogP contribution < -0.4 is 5.32 Å². The number of hydrogen-bond acceptors (Lipinski definition) is 2. The molecule has 94 valence electrons. The van der Waals surface area contributed by atoms with Crippen molar-refractivity contribution in [2.24, 2.45) is 0 Å². The predicted molar refractivity (Wildman–Crippen MR) is 75.9 cm³/mol. The summed E-state index contributed by atoms with van der Waals surface area (Å²) in [5, 5.41) is 4.06. The first-order valence-corrected chi connectivity index (χ1v) is 6.22. The summed E-state index contributed by atoms with van der Waals surface area (Å²) in [6, 6.07) is 16.1. The van der Waals surface area contributed by atoms with Crippen LogP contribution in [-0.4, -0.2) is 7.11 Å². The number of rotatable bonds is 5. The van der Waals surface area contributed by atoms with E-state index in [1.165, 1.54) is 11.1 Å². The van der Waals surface area contributed by atoms with E-state index in [9.17, 15) is 0 Å². The van der Waals surface area contributed by atoms with Crippen molar-refractivity contribution < 1.29 is 4.74 Å². The van der Waals surface area contributed by atoms with Gasteiger partial charge in [-0.05, 0) is 23.3 Å². The Morgan fingerprint density at radius 2 is 1.67 bits per heavy atom. The molecule has 2 nitrogen and oxygen atoms in total. The van der Waals surface area contributed by atoms with Crippen LogP contribution in [0, 0.1) is 0 Å². The molecule has 0 amide bonds. The summed E-state index contributed by atoms with van der Waals surface area (Å²) in [6.45, 7) is 1.41. The number of hydrogen-bond donors (Lipinski definition) is 1. The van der Waals surface area contributed by atoms with Gasteiger partial charge in [-0.2, -0.15) is 0 Å². The van der Waals surface area contributed by atoms with Crippen molar-refractivity contribution in [2.75, 3.05) is 12.4 Å². The van der Waals surface area contributed by atoms with Gasteiger partial charge in [-0.25, -0.2) is 0 Å². The number of anilines is 1. The molecule has 0 aliphatic rings. The minimum Gasteiger partial charge on any atom is -0.380 e. The van der Waals surface area contributed by atoms with Crippen molar-refractivity contribution >= 4 is 17.3 Å². The average molecular weight is 262 g/mol. The van der Waals surface area contributed by atoms with E-state index in [-0.39, 0.29) is 0 Å². The first-order valence-electron chi connectivity index (χ1n) is 5.85. The molecule has 0 unspecified atom stereocenters. The number of nitrogens with one attached hydrogen (secondary N) is 1. The first kappa shape index (κ1) is 12.9. The third-order valence-electron chi connectivity index (χ3n) is 2.69. The van der Waals surface area contributed by atoms with E-state index >= 15 is 0 Å². The lowest BCUT2D eigenvalue weighted by molar-refractivity contribution is 0.185. The largest absolute Gasteiger partial charge is 0.380 e. The van der Waals surface area contributed by atoms with Gasteiger partial charge in [-0.15, -0.1) is 0 Å².